The highest BCUT2D eigenvalue weighted by atomic mass is 127. The first-order chi connectivity index (χ1) is 9.33. The van der Waals surface area contributed by atoms with Gasteiger partial charge in [0.05, 0.1) is 6.61 Å². The predicted octanol–water partition coefficient (Wildman–Crippen LogP) is 1.02. The molecule has 20 heavy (non-hydrogen) atoms. The van der Waals surface area contributed by atoms with Crippen molar-refractivity contribution in [1.29, 1.82) is 0 Å². The molecule has 1 atom stereocenters. The largest absolute Gasteiger partial charge is 0.381 e. The molecule has 2 aliphatic heterocycles. The van der Waals surface area contributed by atoms with Crippen molar-refractivity contribution >= 4 is 29.9 Å². The summed E-state index contributed by atoms with van der Waals surface area (Å²) in [7, 11) is 1.84. The summed E-state index contributed by atoms with van der Waals surface area (Å²) in [4.78, 5) is 9.20. The molecule has 1 N–H and O–H groups in total. The van der Waals surface area contributed by atoms with Crippen LogP contribution in [0.4, 0.5) is 0 Å². The maximum Gasteiger partial charge on any atom is 0.193 e. The van der Waals surface area contributed by atoms with Crippen LogP contribution in [0.5, 0.6) is 0 Å². The third-order valence-corrected chi connectivity index (χ3v) is 3.83. The number of rotatable bonds is 4. The number of aliphatic imine (C=N–C) groups is 1. The standard InChI is InChI=1S/C14H26N4O.HI/c1-3-5-16-14(15-2)18-8-6-17(7-9-18)11-13-4-10-19-12-13;/h3,13H,1,4-12H2,2H3,(H,15,16);1H. The van der Waals surface area contributed by atoms with Crippen LogP contribution < -0.4 is 5.32 Å². The average Bonchev–Trinajstić information content (AvgIpc) is 2.94. The maximum atomic E-state index is 5.44. The molecule has 116 valence electrons. The van der Waals surface area contributed by atoms with Crippen LogP contribution in [0.2, 0.25) is 0 Å². The van der Waals surface area contributed by atoms with Crippen molar-refractivity contribution in [1.82, 2.24) is 15.1 Å². The number of ether oxygens (including phenoxy) is 1. The van der Waals surface area contributed by atoms with Crippen LogP contribution in [0.15, 0.2) is 17.6 Å². The SMILES string of the molecule is C=CCNC(=NC)N1CCN(CC2CCOC2)CC1.I. The fourth-order valence-electron chi connectivity index (χ4n) is 2.73. The second-order valence-electron chi connectivity index (χ2n) is 5.23. The lowest BCUT2D eigenvalue weighted by Gasteiger charge is -2.37. The summed E-state index contributed by atoms with van der Waals surface area (Å²) in [6.45, 7) is 11.9. The van der Waals surface area contributed by atoms with Crippen LogP contribution in [-0.2, 0) is 4.74 Å². The molecule has 0 aromatic rings. The second-order valence-corrected chi connectivity index (χ2v) is 5.23. The van der Waals surface area contributed by atoms with Gasteiger partial charge in [0, 0.05) is 52.9 Å². The van der Waals surface area contributed by atoms with E-state index in [0.717, 1.165) is 57.8 Å². The zero-order chi connectivity index (χ0) is 13.5. The summed E-state index contributed by atoms with van der Waals surface area (Å²) >= 11 is 0. The van der Waals surface area contributed by atoms with Gasteiger partial charge >= 0.3 is 0 Å². The summed E-state index contributed by atoms with van der Waals surface area (Å²) in [5.41, 5.74) is 0. The molecule has 2 heterocycles. The van der Waals surface area contributed by atoms with Crippen molar-refractivity contribution in [3.05, 3.63) is 12.7 Å². The van der Waals surface area contributed by atoms with Gasteiger partial charge in [0.25, 0.3) is 0 Å². The Hall–Kier alpha value is -0.340. The Kier molecular flexibility index (Phi) is 8.47. The Morgan fingerprint density at radius 1 is 1.40 bits per heavy atom. The van der Waals surface area contributed by atoms with E-state index < -0.39 is 0 Å². The molecule has 2 rings (SSSR count). The van der Waals surface area contributed by atoms with Crippen LogP contribution in [0.3, 0.4) is 0 Å². The molecule has 0 aliphatic carbocycles. The molecular formula is C14H27IN4O. The molecule has 0 aromatic carbocycles. The Morgan fingerprint density at radius 2 is 2.15 bits per heavy atom. The molecule has 5 nitrogen and oxygen atoms in total. The third-order valence-electron chi connectivity index (χ3n) is 3.83. The molecule has 0 radical (unpaired) electrons. The second kappa shape index (κ2) is 9.57. The number of halogens is 1. The quantitative estimate of drug-likeness (QED) is 0.335. The van der Waals surface area contributed by atoms with E-state index in [4.69, 9.17) is 4.74 Å². The van der Waals surface area contributed by atoms with Crippen molar-refractivity contribution in [2.75, 3.05) is 59.5 Å². The van der Waals surface area contributed by atoms with E-state index in [1.54, 1.807) is 0 Å². The lowest BCUT2D eigenvalue weighted by Crippen LogP contribution is -2.53. The van der Waals surface area contributed by atoms with Crippen LogP contribution >= 0.6 is 24.0 Å². The lowest BCUT2D eigenvalue weighted by atomic mass is 10.1. The van der Waals surface area contributed by atoms with Crippen molar-refractivity contribution < 1.29 is 4.74 Å². The van der Waals surface area contributed by atoms with Crippen molar-refractivity contribution in [2.45, 2.75) is 6.42 Å². The zero-order valence-corrected chi connectivity index (χ0v) is 14.7. The Morgan fingerprint density at radius 3 is 2.70 bits per heavy atom. The number of nitrogens with zero attached hydrogens (tertiary/aromatic N) is 3. The van der Waals surface area contributed by atoms with Crippen LogP contribution in [0.1, 0.15) is 6.42 Å². The molecular weight excluding hydrogens is 367 g/mol. The molecule has 1 unspecified atom stereocenters. The summed E-state index contributed by atoms with van der Waals surface area (Å²) in [6, 6.07) is 0. The summed E-state index contributed by atoms with van der Waals surface area (Å²) < 4.78 is 5.44. The van der Waals surface area contributed by atoms with Gasteiger partial charge in [-0.15, -0.1) is 30.6 Å². The molecule has 0 saturated carbocycles. The Bertz CT molecular complexity index is 310. The highest BCUT2D eigenvalue weighted by Gasteiger charge is 2.23. The topological polar surface area (TPSA) is 40.1 Å². The number of hydrogen-bond donors (Lipinski definition) is 1. The minimum Gasteiger partial charge on any atom is -0.381 e. The Labute approximate surface area is 139 Å². The molecule has 2 fully saturated rings. The van der Waals surface area contributed by atoms with Crippen molar-refractivity contribution in [3.63, 3.8) is 0 Å². The first-order valence-electron chi connectivity index (χ1n) is 7.20. The van der Waals surface area contributed by atoms with E-state index in [0.29, 0.717) is 0 Å². The molecule has 0 amide bonds. The smallest absolute Gasteiger partial charge is 0.193 e. The van der Waals surface area contributed by atoms with E-state index in [1.807, 2.05) is 13.1 Å². The normalized spacial score (nSPS) is 24.4. The number of hydrogen-bond acceptors (Lipinski definition) is 3. The Balaban J connectivity index is 0.00000200. The first-order valence-corrected chi connectivity index (χ1v) is 7.20. The van der Waals surface area contributed by atoms with Gasteiger partial charge < -0.3 is 15.0 Å². The highest BCUT2D eigenvalue weighted by Crippen LogP contribution is 2.15. The van der Waals surface area contributed by atoms with E-state index in [1.165, 1.54) is 13.0 Å². The fraction of sp³-hybridized carbons (Fsp3) is 0.786. The van der Waals surface area contributed by atoms with Gasteiger partial charge in [0.15, 0.2) is 5.96 Å². The van der Waals surface area contributed by atoms with E-state index in [-0.39, 0.29) is 24.0 Å². The summed E-state index contributed by atoms with van der Waals surface area (Å²) in [5, 5.41) is 3.30. The average molecular weight is 394 g/mol. The minimum atomic E-state index is 0. The molecule has 0 spiro atoms. The van der Waals surface area contributed by atoms with Gasteiger partial charge in [-0.1, -0.05) is 6.08 Å². The van der Waals surface area contributed by atoms with Crippen molar-refractivity contribution in [3.8, 4) is 0 Å². The number of guanidine groups is 1. The first kappa shape index (κ1) is 17.7. The molecule has 6 heteroatoms. The minimum absolute atomic E-state index is 0. The summed E-state index contributed by atoms with van der Waals surface area (Å²) in [6.07, 6.45) is 3.09. The van der Waals surface area contributed by atoms with Crippen molar-refractivity contribution in [2.24, 2.45) is 10.9 Å². The van der Waals surface area contributed by atoms with E-state index in [9.17, 15) is 0 Å². The van der Waals surface area contributed by atoms with E-state index in [2.05, 4.69) is 26.7 Å². The van der Waals surface area contributed by atoms with Gasteiger partial charge in [-0.3, -0.25) is 9.89 Å². The highest BCUT2D eigenvalue weighted by molar-refractivity contribution is 14.0. The van der Waals surface area contributed by atoms with Gasteiger partial charge in [-0.2, -0.15) is 0 Å². The maximum absolute atomic E-state index is 5.44. The van der Waals surface area contributed by atoms with E-state index >= 15 is 0 Å². The molecule has 2 saturated heterocycles. The zero-order valence-electron chi connectivity index (χ0n) is 12.4. The van der Waals surface area contributed by atoms with Crippen LogP contribution in [0, 0.1) is 5.92 Å². The van der Waals surface area contributed by atoms with Gasteiger partial charge in [0.2, 0.25) is 0 Å². The third kappa shape index (κ3) is 5.21. The predicted molar refractivity (Wildman–Crippen MR) is 93.9 cm³/mol. The molecule has 0 aromatic heterocycles. The molecule has 0 bridgehead atoms. The lowest BCUT2D eigenvalue weighted by molar-refractivity contribution is 0.139. The van der Waals surface area contributed by atoms with Gasteiger partial charge in [-0.05, 0) is 12.3 Å². The van der Waals surface area contributed by atoms with Gasteiger partial charge in [0.1, 0.15) is 0 Å². The van der Waals surface area contributed by atoms with Crippen LogP contribution in [0.25, 0.3) is 0 Å². The summed E-state index contributed by atoms with van der Waals surface area (Å²) in [5.74, 6) is 1.73. The molecule has 2 aliphatic rings. The van der Waals surface area contributed by atoms with Gasteiger partial charge in [-0.25, -0.2) is 0 Å². The number of piperazine rings is 1. The fourth-order valence-corrected chi connectivity index (χ4v) is 2.73. The monoisotopic (exact) mass is 394 g/mol. The number of nitrogens with one attached hydrogen (secondary N) is 1. The van der Waals surface area contributed by atoms with Crippen LogP contribution in [-0.4, -0.2) is 75.3 Å².